The topological polar surface area (TPSA) is 33.4 Å². The lowest BCUT2D eigenvalue weighted by atomic mass is 9.96. The Morgan fingerprint density at radius 1 is 1.07 bits per heavy atom. The second kappa shape index (κ2) is 7.38. The van der Waals surface area contributed by atoms with Crippen LogP contribution in [0.1, 0.15) is 47.2 Å². The molecule has 5 rings (SSSR count). The second-order valence-corrected chi connectivity index (χ2v) is 9.44. The van der Waals surface area contributed by atoms with Crippen molar-refractivity contribution in [1.82, 2.24) is 14.5 Å². The minimum atomic E-state index is 0.0527. The van der Waals surface area contributed by atoms with Crippen LogP contribution >= 0.6 is 11.8 Å². The maximum atomic E-state index is 5.13. The fraction of sp³-hybridized carbons (Fsp3) is 0.333. The predicted octanol–water partition coefficient (Wildman–Crippen LogP) is 5.14. The van der Waals surface area contributed by atoms with Gasteiger partial charge in [0.05, 0.1) is 11.7 Å². The number of pyridine rings is 1. The van der Waals surface area contributed by atoms with Crippen molar-refractivity contribution in [2.45, 2.75) is 44.6 Å². The molecule has 0 radical (unpaired) electrons. The summed E-state index contributed by atoms with van der Waals surface area (Å²) in [5, 5.41) is 1.75. The van der Waals surface area contributed by atoms with Gasteiger partial charge in [-0.3, -0.25) is 9.98 Å². The highest BCUT2D eigenvalue weighted by Crippen LogP contribution is 2.48. The Morgan fingerprint density at radius 2 is 1.86 bits per heavy atom. The van der Waals surface area contributed by atoms with E-state index in [1.54, 1.807) is 0 Å². The molecule has 148 valence electrons. The van der Waals surface area contributed by atoms with Gasteiger partial charge in [0.1, 0.15) is 6.04 Å². The fourth-order valence-corrected chi connectivity index (χ4v) is 5.68. The van der Waals surface area contributed by atoms with Crippen molar-refractivity contribution in [3.8, 4) is 0 Å². The number of hydrogen-bond acceptors (Lipinski definition) is 4. The Labute approximate surface area is 176 Å². The van der Waals surface area contributed by atoms with Crippen LogP contribution in [-0.2, 0) is 6.54 Å². The number of rotatable bonds is 4. The highest BCUT2D eigenvalue weighted by Gasteiger charge is 2.44. The van der Waals surface area contributed by atoms with Gasteiger partial charge in [0, 0.05) is 35.9 Å². The van der Waals surface area contributed by atoms with Gasteiger partial charge in [0.25, 0.3) is 0 Å². The van der Waals surface area contributed by atoms with E-state index in [0.29, 0.717) is 5.25 Å². The van der Waals surface area contributed by atoms with Crippen molar-refractivity contribution in [1.29, 1.82) is 0 Å². The Hall–Kier alpha value is -2.53. The van der Waals surface area contributed by atoms with E-state index in [0.717, 1.165) is 18.8 Å². The van der Waals surface area contributed by atoms with Crippen molar-refractivity contribution in [2.24, 2.45) is 4.99 Å². The van der Waals surface area contributed by atoms with Crippen molar-refractivity contribution in [2.75, 3.05) is 6.54 Å². The molecule has 29 heavy (non-hydrogen) atoms. The molecule has 0 bridgehead atoms. The number of hydrogen-bond donors (Lipinski definition) is 0. The number of benzene rings is 1. The first kappa shape index (κ1) is 18.5. The van der Waals surface area contributed by atoms with Crippen molar-refractivity contribution in [3.63, 3.8) is 0 Å². The van der Waals surface area contributed by atoms with E-state index in [1.165, 1.54) is 27.7 Å². The molecule has 1 saturated heterocycles. The highest BCUT2D eigenvalue weighted by atomic mass is 32.2. The number of aromatic nitrogens is 2. The van der Waals surface area contributed by atoms with Crippen LogP contribution in [0.15, 0.2) is 65.8 Å². The van der Waals surface area contributed by atoms with E-state index in [-0.39, 0.29) is 12.1 Å². The molecule has 4 heterocycles. The van der Waals surface area contributed by atoms with Crippen molar-refractivity contribution >= 4 is 16.9 Å². The van der Waals surface area contributed by atoms with Crippen molar-refractivity contribution in [3.05, 3.63) is 89.0 Å². The van der Waals surface area contributed by atoms with Gasteiger partial charge in [0.15, 0.2) is 5.17 Å². The Morgan fingerprint density at radius 3 is 2.62 bits per heavy atom. The predicted molar refractivity (Wildman–Crippen MR) is 120 cm³/mol. The fourth-order valence-electron chi connectivity index (χ4n) is 4.59. The van der Waals surface area contributed by atoms with Crippen LogP contribution in [0, 0.1) is 13.8 Å². The lowest BCUT2D eigenvalue weighted by molar-refractivity contribution is 0.320. The molecule has 2 aliphatic rings. The summed E-state index contributed by atoms with van der Waals surface area (Å²) >= 11 is 1.89. The first-order chi connectivity index (χ1) is 14.1. The molecule has 3 atom stereocenters. The number of amidine groups is 1. The Kier molecular flexibility index (Phi) is 4.70. The summed E-state index contributed by atoms with van der Waals surface area (Å²) in [4.78, 5) is 12.3. The molecule has 4 nitrogen and oxygen atoms in total. The van der Waals surface area contributed by atoms with E-state index in [2.05, 4.69) is 83.8 Å². The largest absolute Gasteiger partial charge is 0.344 e. The van der Waals surface area contributed by atoms with Gasteiger partial charge >= 0.3 is 0 Å². The van der Waals surface area contributed by atoms with Gasteiger partial charge in [-0.25, -0.2) is 0 Å². The molecule has 3 aromatic rings. The molecule has 0 unspecified atom stereocenters. The Bertz CT molecular complexity index is 1040. The summed E-state index contributed by atoms with van der Waals surface area (Å²) < 4.78 is 2.44. The van der Waals surface area contributed by atoms with E-state index in [9.17, 15) is 0 Å². The summed E-state index contributed by atoms with van der Waals surface area (Å²) in [5.74, 6) is 0. The first-order valence-corrected chi connectivity index (χ1v) is 11.1. The molecule has 1 fully saturated rings. The highest BCUT2D eigenvalue weighted by molar-refractivity contribution is 8.14. The van der Waals surface area contributed by atoms with Crippen molar-refractivity contribution < 1.29 is 0 Å². The molecular formula is C24H26N4S. The van der Waals surface area contributed by atoms with Crippen LogP contribution in [0.4, 0.5) is 0 Å². The average Bonchev–Trinajstić information content (AvgIpc) is 3.35. The molecular weight excluding hydrogens is 376 g/mol. The lowest BCUT2D eigenvalue weighted by Crippen LogP contribution is -2.29. The number of nitrogens with zero attached hydrogens (tertiary/aromatic N) is 4. The quantitative estimate of drug-likeness (QED) is 0.606. The molecule has 0 spiro atoms. The normalized spacial score (nSPS) is 23.3. The number of thioether (sulfide) groups is 1. The lowest BCUT2D eigenvalue weighted by Gasteiger charge is -2.27. The maximum Gasteiger partial charge on any atom is 0.160 e. The maximum absolute atomic E-state index is 5.13. The minimum absolute atomic E-state index is 0.0527. The third-order valence-corrected chi connectivity index (χ3v) is 7.10. The van der Waals surface area contributed by atoms with Crippen LogP contribution in [-0.4, -0.2) is 31.4 Å². The minimum Gasteiger partial charge on any atom is -0.344 e. The molecule has 0 N–H and O–H groups in total. The van der Waals surface area contributed by atoms with Crippen LogP contribution in [0.3, 0.4) is 0 Å². The number of aliphatic imine (C=N–C) groups is 1. The van der Waals surface area contributed by atoms with E-state index in [4.69, 9.17) is 4.99 Å². The van der Waals surface area contributed by atoms with Crippen LogP contribution < -0.4 is 0 Å². The van der Waals surface area contributed by atoms with Gasteiger partial charge in [-0.15, -0.1) is 0 Å². The van der Waals surface area contributed by atoms with Gasteiger partial charge in [-0.2, -0.15) is 0 Å². The average molecular weight is 403 g/mol. The summed E-state index contributed by atoms with van der Waals surface area (Å²) in [7, 11) is 0. The smallest absolute Gasteiger partial charge is 0.160 e. The van der Waals surface area contributed by atoms with Crippen LogP contribution in [0.5, 0.6) is 0 Å². The first-order valence-electron chi connectivity index (χ1n) is 10.2. The van der Waals surface area contributed by atoms with Crippen LogP contribution in [0.2, 0.25) is 0 Å². The molecule has 5 heteroatoms. The summed E-state index contributed by atoms with van der Waals surface area (Å²) in [5.41, 5.74) is 6.40. The summed E-state index contributed by atoms with van der Waals surface area (Å²) in [6.07, 6.45) is 1.88. The van der Waals surface area contributed by atoms with Crippen LogP contribution in [0.25, 0.3) is 0 Å². The zero-order valence-electron chi connectivity index (χ0n) is 17.1. The number of fused-ring (bicyclic) bond motifs is 1. The van der Waals surface area contributed by atoms with Gasteiger partial charge < -0.3 is 9.47 Å². The third-order valence-electron chi connectivity index (χ3n) is 6.00. The SMILES string of the molecule is Cc1cc([C@@H]2[C@H](c3ccccn3)N=C3S[C@H](C)CN32)c(C)n1Cc1ccccc1. The van der Waals surface area contributed by atoms with E-state index < -0.39 is 0 Å². The van der Waals surface area contributed by atoms with E-state index in [1.807, 2.05) is 24.0 Å². The Balaban J connectivity index is 1.55. The van der Waals surface area contributed by atoms with E-state index >= 15 is 0 Å². The molecule has 1 aromatic carbocycles. The summed E-state index contributed by atoms with van der Waals surface area (Å²) in [6.45, 7) is 8.70. The third kappa shape index (κ3) is 3.27. The monoisotopic (exact) mass is 402 g/mol. The second-order valence-electron chi connectivity index (χ2n) is 8.03. The number of aryl methyl sites for hydroxylation is 1. The molecule has 2 aliphatic heterocycles. The molecule has 2 aromatic heterocycles. The standard InChI is InChI=1S/C24H26N4S/c1-16-13-20(18(3)27(16)15-19-9-5-4-6-10-19)23-22(21-11-7-8-12-25-21)26-24-28(23)14-17(2)29-24/h4-13,17,22-23H,14-15H2,1-3H3/t17-,22+,23-/m1/s1. The van der Waals surface area contributed by atoms with Gasteiger partial charge in [0.2, 0.25) is 0 Å². The van der Waals surface area contributed by atoms with Gasteiger partial charge in [-0.1, -0.05) is 55.1 Å². The molecule has 0 saturated carbocycles. The zero-order valence-corrected chi connectivity index (χ0v) is 17.9. The zero-order chi connectivity index (χ0) is 20.0. The molecule has 0 amide bonds. The van der Waals surface area contributed by atoms with Gasteiger partial charge in [-0.05, 0) is 43.2 Å². The molecule has 0 aliphatic carbocycles. The summed E-state index contributed by atoms with van der Waals surface area (Å²) in [6, 6.07) is 19.5.